The van der Waals surface area contributed by atoms with Crippen molar-refractivity contribution < 1.29 is 0 Å². The molecule has 28 heavy (non-hydrogen) atoms. The lowest BCUT2D eigenvalue weighted by atomic mass is 9.97. The molecule has 3 aromatic heterocycles. The Bertz CT molecular complexity index is 1080. The molecule has 1 aliphatic heterocycles. The second kappa shape index (κ2) is 7.47. The second-order valence-electron chi connectivity index (χ2n) is 6.75. The van der Waals surface area contributed by atoms with E-state index in [1.165, 1.54) is 11.8 Å². The molecule has 0 bridgehead atoms. The summed E-state index contributed by atoms with van der Waals surface area (Å²) in [6.45, 7) is 2.08. The van der Waals surface area contributed by atoms with E-state index in [2.05, 4.69) is 30.2 Å². The highest BCUT2D eigenvalue weighted by Crippen LogP contribution is 2.33. The monoisotopic (exact) mass is 431 g/mol. The van der Waals surface area contributed by atoms with E-state index in [9.17, 15) is 0 Å². The minimum Gasteiger partial charge on any atom is -0.317 e. The van der Waals surface area contributed by atoms with Crippen LogP contribution in [0, 0.1) is 0 Å². The van der Waals surface area contributed by atoms with Gasteiger partial charge in [0.05, 0.1) is 11.9 Å². The molecule has 1 aromatic carbocycles. The zero-order valence-corrected chi connectivity index (χ0v) is 17.6. The Morgan fingerprint density at radius 3 is 2.71 bits per heavy atom. The largest absolute Gasteiger partial charge is 0.317 e. The van der Waals surface area contributed by atoms with Crippen molar-refractivity contribution in [1.82, 2.24) is 34.7 Å². The Morgan fingerprint density at radius 2 is 1.96 bits per heavy atom. The van der Waals surface area contributed by atoms with Gasteiger partial charge < -0.3 is 9.88 Å². The quantitative estimate of drug-likeness (QED) is 0.529. The van der Waals surface area contributed by atoms with Crippen LogP contribution in [0.3, 0.4) is 0 Å². The van der Waals surface area contributed by atoms with Gasteiger partial charge in [-0.05, 0) is 49.8 Å². The van der Waals surface area contributed by atoms with Crippen molar-refractivity contribution in [3.8, 4) is 11.3 Å². The minimum atomic E-state index is 0.476. The van der Waals surface area contributed by atoms with Crippen molar-refractivity contribution in [2.75, 3.05) is 13.1 Å². The summed E-state index contributed by atoms with van der Waals surface area (Å²) >= 11 is 9.05. The van der Waals surface area contributed by atoms with Crippen molar-refractivity contribution in [3.63, 3.8) is 0 Å². The van der Waals surface area contributed by atoms with Crippen LogP contribution in [-0.2, 0) is 7.05 Å². The van der Waals surface area contributed by atoms with E-state index in [0.717, 1.165) is 57.5 Å². The average molecular weight is 432 g/mol. The van der Waals surface area contributed by atoms with E-state index < -0.39 is 0 Å². The van der Waals surface area contributed by atoms with Crippen LogP contribution in [0.25, 0.3) is 16.2 Å². The molecule has 4 aromatic rings. The number of rotatable bonds is 4. The molecule has 0 radical (unpaired) electrons. The molecule has 5 rings (SSSR count). The predicted molar refractivity (Wildman–Crippen MR) is 111 cm³/mol. The molecule has 0 atom stereocenters. The summed E-state index contributed by atoms with van der Waals surface area (Å²) < 4.78 is 4.82. The fraction of sp³-hybridized carbons (Fsp3) is 0.333. The van der Waals surface area contributed by atoms with Gasteiger partial charge in [-0.25, -0.2) is 9.50 Å². The van der Waals surface area contributed by atoms with Crippen molar-refractivity contribution >= 4 is 39.7 Å². The van der Waals surface area contributed by atoms with Crippen molar-refractivity contribution in [3.05, 3.63) is 41.3 Å². The van der Waals surface area contributed by atoms with Crippen molar-refractivity contribution in [1.29, 1.82) is 0 Å². The summed E-state index contributed by atoms with van der Waals surface area (Å²) in [5.41, 5.74) is 1.91. The highest BCUT2D eigenvalue weighted by atomic mass is 35.5. The predicted octanol–water partition coefficient (Wildman–Crippen LogP) is 3.86. The van der Waals surface area contributed by atoms with Crippen LogP contribution in [0.4, 0.5) is 0 Å². The Kier molecular flexibility index (Phi) is 4.83. The van der Waals surface area contributed by atoms with Crippen LogP contribution in [0.1, 0.15) is 24.6 Å². The zero-order valence-electron chi connectivity index (χ0n) is 15.2. The summed E-state index contributed by atoms with van der Waals surface area (Å²) in [5, 5.41) is 18.5. The van der Waals surface area contributed by atoms with E-state index in [4.69, 9.17) is 11.6 Å². The molecule has 144 valence electrons. The SMILES string of the molecule is Cn1c(Sc2nn3cc(-c4ccc(Cl)cc4)nc3s2)nnc1C1CCNCC1. The van der Waals surface area contributed by atoms with E-state index in [-0.39, 0.29) is 0 Å². The van der Waals surface area contributed by atoms with Gasteiger partial charge in [-0.15, -0.1) is 15.3 Å². The number of aromatic nitrogens is 6. The van der Waals surface area contributed by atoms with Crippen molar-refractivity contribution in [2.24, 2.45) is 7.05 Å². The summed E-state index contributed by atoms with van der Waals surface area (Å²) in [5.74, 6) is 1.54. The summed E-state index contributed by atoms with van der Waals surface area (Å²) in [4.78, 5) is 5.54. The molecule has 0 amide bonds. The van der Waals surface area contributed by atoms with E-state index >= 15 is 0 Å². The Balaban J connectivity index is 1.36. The number of benzene rings is 1. The van der Waals surface area contributed by atoms with Crippen LogP contribution in [-0.4, -0.2) is 42.5 Å². The Labute approximate surface area is 175 Å². The first-order chi connectivity index (χ1) is 13.7. The molecule has 4 heterocycles. The number of imidazole rings is 1. The first kappa shape index (κ1) is 18.1. The van der Waals surface area contributed by atoms with Gasteiger partial charge in [0.1, 0.15) is 5.82 Å². The van der Waals surface area contributed by atoms with E-state index in [1.807, 2.05) is 42.0 Å². The number of halogens is 1. The molecule has 1 fully saturated rings. The number of fused-ring (bicyclic) bond motifs is 1. The Morgan fingerprint density at radius 1 is 1.18 bits per heavy atom. The molecule has 1 saturated heterocycles. The standard InChI is InChI=1S/C18H18ClN7S2/c1-25-15(12-6-8-20-9-7-12)22-23-17(25)28-18-24-26-10-14(21-16(26)27-18)11-2-4-13(19)5-3-11/h2-5,10,12,20H,6-9H2,1H3. The van der Waals surface area contributed by atoms with E-state index in [0.29, 0.717) is 10.9 Å². The van der Waals surface area contributed by atoms with Gasteiger partial charge in [-0.1, -0.05) is 35.1 Å². The maximum atomic E-state index is 5.96. The van der Waals surface area contributed by atoms with Gasteiger partial charge in [0.2, 0.25) is 4.96 Å². The maximum Gasteiger partial charge on any atom is 0.213 e. The van der Waals surface area contributed by atoms with Gasteiger partial charge in [0, 0.05) is 23.6 Å². The molecule has 10 heteroatoms. The maximum absolute atomic E-state index is 5.96. The highest BCUT2D eigenvalue weighted by Gasteiger charge is 2.22. The van der Waals surface area contributed by atoms with Crippen LogP contribution in [0.5, 0.6) is 0 Å². The number of hydrogen-bond donors (Lipinski definition) is 1. The lowest BCUT2D eigenvalue weighted by molar-refractivity contribution is 0.434. The molecule has 0 unspecified atom stereocenters. The first-order valence-electron chi connectivity index (χ1n) is 9.07. The fourth-order valence-corrected chi connectivity index (χ4v) is 5.36. The fourth-order valence-electron chi connectivity index (χ4n) is 3.41. The first-order valence-corrected chi connectivity index (χ1v) is 11.1. The van der Waals surface area contributed by atoms with Gasteiger partial charge in [-0.3, -0.25) is 0 Å². The molecule has 7 nitrogen and oxygen atoms in total. The van der Waals surface area contributed by atoms with Crippen LogP contribution in [0.15, 0.2) is 40.0 Å². The normalized spacial score (nSPS) is 15.5. The van der Waals surface area contributed by atoms with Crippen LogP contribution in [0.2, 0.25) is 5.02 Å². The van der Waals surface area contributed by atoms with E-state index in [1.54, 1.807) is 11.3 Å². The molecule has 1 N–H and O–H groups in total. The lowest BCUT2D eigenvalue weighted by Crippen LogP contribution is -2.27. The van der Waals surface area contributed by atoms with Gasteiger partial charge >= 0.3 is 0 Å². The van der Waals surface area contributed by atoms with Crippen molar-refractivity contribution in [2.45, 2.75) is 28.3 Å². The van der Waals surface area contributed by atoms with Gasteiger partial charge in [-0.2, -0.15) is 0 Å². The molecular weight excluding hydrogens is 414 g/mol. The molecule has 1 aliphatic rings. The lowest BCUT2D eigenvalue weighted by Gasteiger charge is -2.21. The number of hydrogen-bond acceptors (Lipinski definition) is 7. The molecule has 0 saturated carbocycles. The summed E-state index contributed by atoms with van der Waals surface area (Å²) in [6.07, 6.45) is 4.15. The third-order valence-corrected chi connectivity index (χ3v) is 7.18. The molecule has 0 spiro atoms. The van der Waals surface area contributed by atoms with Crippen LogP contribution < -0.4 is 5.32 Å². The minimum absolute atomic E-state index is 0.476. The third kappa shape index (κ3) is 3.43. The highest BCUT2D eigenvalue weighted by molar-refractivity contribution is 8.01. The number of nitrogens with one attached hydrogen (secondary N) is 1. The molecular formula is C18H18ClN7S2. The molecule has 0 aliphatic carbocycles. The number of piperidine rings is 1. The van der Waals surface area contributed by atoms with Crippen LogP contribution >= 0.6 is 34.7 Å². The topological polar surface area (TPSA) is 72.9 Å². The number of nitrogens with zero attached hydrogens (tertiary/aromatic N) is 6. The second-order valence-corrected chi connectivity index (χ2v) is 9.36. The van der Waals surface area contributed by atoms with Gasteiger partial charge in [0.15, 0.2) is 9.50 Å². The van der Waals surface area contributed by atoms with Gasteiger partial charge in [0.25, 0.3) is 0 Å². The average Bonchev–Trinajstić information content (AvgIpc) is 3.37. The smallest absolute Gasteiger partial charge is 0.213 e. The zero-order chi connectivity index (χ0) is 19.1. The summed E-state index contributed by atoms with van der Waals surface area (Å²) in [7, 11) is 2.04. The Hall–Kier alpha value is -1.94. The third-order valence-electron chi connectivity index (χ3n) is 4.92. The summed E-state index contributed by atoms with van der Waals surface area (Å²) in [6, 6.07) is 7.67.